The van der Waals surface area contributed by atoms with E-state index in [4.69, 9.17) is 5.26 Å². The molecule has 1 nitrogen and oxygen atoms in total. The molecule has 4 rings (SSSR count). The van der Waals surface area contributed by atoms with Crippen LogP contribution in [-0.2, 0) is 0 Å². The Kier molecular flexibility index (Phi) is 3.42. The molecule has 0 unspecified atom stereocenters. The third-order valence-electron chi connectivity index (χ3n) is 3.93. The molecule has 0 radical (unpaired) electrons. The molecule has 0 amide bonds. The van der Waals surface area contributed by atoms with Gasteiger partial charge in [-0.2, -0.15) is 5.26 Å². The SMILES string of the molecule is N#Cc1ccc(-c2c(-c3ccccc3)sc3ccccc23)cc1. The minimum absolute atomic E-state index is 0.689. The molecule has 1 aromatic heterocycles. The molecule has 4 aromatic rings. The van der Waals surface area contributed by atoms with Crippen LogP contribution < -0.4 is 0 Å². The van der Waals surface area contributed by atoms with Gasteiger partial charge in [-0.25, -0.2) is 0 Å². The van der Waals surface area contributed by atoms with Crippen LogP contribution in [0.3, 0.4) is 0 Å². The Morgan fingerprint density at radius 1 is 0.696 bits per heavy atom. The minimum atomic E-state index is 0.689. The number of nitriles is 1. The molecule has 0 bridgehead atoms. The summed E-state index contributed by atoms with van der Waals surface area (Å²) >= 11 is 1.82. The van der Waals surface area contributed by atoms with Crippen molar-refractivity contribution in [3.8, 4) is 27.6 Å². The minimum Gasteiger partial charge on any atom is -0.192 e. The average Bonchev–Trinajstić information content (AvgIpc) is 3.02. The topological polar surface area (TPSA) is 23.8 Å². The second kappa shape index (κ2) is 5.72. The van der Waals surface area contributed by atoms with Gasteiger partial charge in [0.1, 0.15) is 0 Å². The summed E-state index contributed by atoms with van der Waals surface area (Å²) in [6.45, 7) is 0. The maximum absolute atomic E-state index is 9.02. The summed E-state index contributed by atoms with van der Waals surface area (Å²) in [4.78, 5) is 1.27. The summed E-state index contributed by atoms with van der Waals surface area (Å²) in [5, 5.41) is 10.3. The number of benzene rings is 3. The van der Waals surface area contributed by atoms with E-state index in [0.717, 1.165) is 5.56 Å². The van der Waals surface area contributed by atoms with E-state index in [-0.39, 0.29) is 0 Å². The molecule has 0 fully saturated rings. The number of hydrogen-bond donors (Lipinski definition) is 0. The predicted molar refractivity (Wildman–Crippen MR) is 97.4 cm³/mol. The highest BCUT2D eigenvalue weighted by Crippen LogP contribution is 2.44. The highest BCUT2D eigenvalue weighted by atomic mass is 32.1. The van der Waals surface area contributed by atoms with E-state index in [1.54, 1.807) is 0 Å². The highest BCUT2D eigenvalue weighted by molar-refractivity contribution is 7.23. The first kappa shape index (κ1) is 13.8. The van der Waals surface area contributed by atoms with Gasteiger partial charge < -0.3 is 0 Å². The number of rotatable bonds is 2. The molecule has 0 saturated heterocycles. The summed E-state index contributed by atoms with van der Waals surface area (Å²) in [6.07, 6.45) is 0. The van der Waals surface area contributed by atoms with E-state index in [1.165, 1.54) is 26.1 Å². The molecular weight excluding hydrogens is 298 g/mol. The molecule has 0 aliphatic carbocycles. The number of thiophene rings is 1. The normalized spacial score (nSPS) is 10.6. The first-order valence-corrected chi connectivity index (χ1v) is 8.26. The first-order valence-electron chi connectivity index (χ1n) is 7.44. The molecule has 0 aliphatic heterocycles. The second-order valence-corrected chi connectivity index (χ2v) is 6.41. The van der Waals surface area contributed by atoms with Crippen molar-refractivity contribution in [2.75, 3.05) is 0 Å². The van der Waals surface area contributed by atoms with Crippen molar-refractivity contribution in [1.29, 1.82) is 5.26 Å². The Morgan fingerprint density at radius 2 is 1.39 bits per heavy atom. The van der Waals surface area contributed by atoms with Gasteiger partial charge in [0.15, 0.2) is 0 Å². The lowest BCUT2D eigenvalue weighted by molar-refractivity contribution is 1.48. The van der Waals surface area contributed by atoms with Crippen LogP contribution in [0.5, 0.6) is 0 Å². The Balaban J connectivity index is 2.01. The maximum Gasteiger partial charge on any atom is 0.0991 e. The molecule has 108 valence electrons. The third-order valence-corrected chi connectivity index (χ3v) is 5.15. The molecule has 0 spiro atoms. The smallest absolute Gasteiger partial charge is 0.0991 e. The largest absolute Gasteiger partial charge is 0.192 e. The van der Waals surface area contributed by atoms with Gasteiger partial charge in [0, 0.05) is 20.5 Å². The monoisotopic (exact) mass is 311 g/mol. The Morgan fingerprint density at radius 3 is 2.13 bits per heavy atom. The van der Waals surface area contributed by atoms with Crippen LogP contribution in [0.15, 0.2) is 78.9 Å². The standard InChI is InChI=1S/C21H13NS/c22-14-15-10-12-16(13-11-15)20-18-8-4-5-9-19(18)23-21(20)17-6-2-1-3-7-17/h1-13H. The van der Waals surface area contributed by atoms with Gasteiger partial charge >= 0.3 is 0 Å². The van der Waals surface area contributed by atoms with Gasteiger partial charge in [0.05, 0.1) is 11.6 Å². The van der Waals surface area contributed by atoms with E-state index in [0.29, 0.717) is 5.56 Å². The van der Waals surface area contributed by atoms with E-state index in [9.17, 15) is 0 Å². The molecule has 0 N–H and O–H groups in total. The molecule has 0 atom stereocenters. The van der Waals surface area contributed by atoms with Crippen molar-refractivity contribution in [2.45, 2.75) is 0 Å². The zero-order valence-electron chi connectivity index (χ0n) is 12.4. The zero-order valence-corrected chi connectivity index (χ0v) is 13.2. The summed E-state index contributed by atoms with van der Waals surface area (Å²) in [5.41, 5.74) is 4.32. The van der Waals surface area contributed by atoms with E-state index < -0.39 is 0 Å². The van der Waals surface area contributed by atoms with Gasteiger partial charge in [-0.15, -0.1) is 11.3 Å². The molecular formula is C21H13NS. The van der Waals surface area contributed by atoms with Crippen LogP contribution in [0.4, 0.5) is 0 Å². The Bertz CT molecular complexity index is 1010. The molecule has 3 aromatic carbocycles. The van der Waals surface area contributed by atoms with Crippen molar-refractivity contribution in [2.24, 2.45) is 0 Å². The van der Waals surface area contributed by atoms with Crippen LogP contribution in [0.25, 0.3) is 31.7 Å². The molecule has 2 heteroatoms. The molecule has 23 heavy (non-hydrogen) atoms. The summed E-state index contributed by atoms with van der Waals surface area (Å²) < 4.78 is 1.28. The van der Waals surface area contributed by atoms with Crippen LogP contribution in [-0.4, -0.2) is 0 Å². The third kappa shape index (κ3) is 2.42. The fourth-order valence-electron chi connectivity index (χ4n) is 2.84. The van der Waals surface area contributed by atoms with E-state index >= 15 is 0 Å². The van der Waals surface area contributed by atoms with E-state index in [2.05, 4.69) is 54.6 Å². The molecule has 0 saturated carbocycles. The summed E-state index contributed by atoms with van der Waals surface area (Å²) in [7, 11) is 0. The number of hydrogen-bond acceptors (Lipinski definition) is 2. The zero-order chi connectivity index (χ0) is 15.6. The Hall–Kier alpha value is -2.89. The van der Waals surface area contributed by atoms with Crippen LogP contribution in [0.2, 0.25) is 0 Å². The van der Waals surface area contributed by atoms with Crippen molar-refractivity contribution in [1.82, 2.24) is 0 Å². The van der Waals surface area contributed by atoms with Crippen molar-refractivity contribution in [3.05, 3.63) is 84.4 Å². The van der Waals surface area contributed by atoms with E-state index in [1.807, 2.05) is 41.7 Å². The quantitative estimate of drug-likeness (QED) is 0.438. The summed E-state index contributed by atoms with van der Waals surface area (Å²) in [5.74, 6) is 0. The second-order valence-electron chi connectivity index (χ2n) is 5.36. The Labute approximate surface area is 139 Å². The van der Waals surface area contributed by atoms with Crippen molar-refractivity contribution < 1.29 is 0 Å². The van der Waals surface area contributed by atoms with Crippen molar-refractivity contribution in [3.63, 3.8) is 0 Å². The van der Waals surface area contributed by atoms with Gasteiger partial charge in [-0.05, 0) is 29.3 Å². The van der Waals surface area contributed by atoms with Gasteiger partial charge in [-0.1, -0.05) is 60.7 Å². The summed E-state index contributed by atoms with van der Waals surface area (Å²) in [6, 6.07) is 29.0. The van der Waals surface area contributed by atoms with Crippen molar-refractivity contribution >= 4 is 21.4 Å². The maximum atomic E-state index is 9.02. The van der Waals surface area contributed by atoms with Gasteiger partial charge in [0.25, 0.3) is 0 Å². The predicted octanol–water partition coefficient (Wildman–Crippen LogP) is 6.11. The average molecular weight is 311 g/mol. The lowest BCUT2D eigenvalue weighted by Crippen LogP contribution is -1.81. The fourth-order valence-corrected chi connectivity index (χ4v) is 4.07. The van der Waals surface area contributed by atoms with Crippen LogP contribution in [0.1, 0.15) is 5.56 Å². The highest BCUT2D eigenvalue weighted by Gasteiger charge is 2.15. The number of fused-ring (bicyclic) bond motifs is 1. The van der Waals surface area contributed by atoms with Gasteiger partial charge in [-0.3, -0.25) is 0 Å². The fraction of sp³-hybridized carbons (Fsp3) is 0. The molecule has 1 heterocycles. The van der Waals surface area contributed by atoms with Gasteiger partial charge in [0.2, 0.25) is 0 Å². The number of nitrogens with zero attached hydrogens (tertiary/aromatic N) is 1. The lowest BCUT2D eigenvalue weighted by atomic mass is 9.98. The lowest BCUT2D eigenvalue weighted by Gasteiger charge is -2.06. The molecule has 0 aliphatic rings. The van der Waals surface area contributed by atoms with Crippen LogP contribution in [0, 0.1) is 11.3 Å². The van der Waals surface area contributed by atoms with Crippen LogP contribution >= 0.6 is 11.3 Å². The first-order chi connectivity index (χ1) is 11.4.